The molecule has 2 aromatic rings. The molecule has 0 radical (unpaired) electrons. The number of hydrogen-bond donors (Lipinski definition) is 1. The number of para-hydroxylation sites is 1. The molecule has 31 heavy (non-hydrogen) atoms. The number of methoxy groups -OCH3 is 1. The van der Waals surface area contributed by atoms with Crippen molar-refractivity contribution in [3.63, 3.8) is 0 Å². The van der Waals surface area contributed by atoms with Gasteiger partial charge in [0.05, 0.1) is 12.7 Å². The molecule has 2 aliphatic heterocycles. The summed E-state index contributed by atoms with van der Waals surface area (Å²) in [6.45, 7) is 5.03. The molecule has 4 rings (SSSR count). The Balaban J connectivity index is 1.64. The zero-order valence-corrected chi connectivity index (χ0v) is 18.9. The van der Waals surface area contributed by atoms with Crippen molar-refractivity contribution in [2.45, 2.75) is 50.0 Å². The van der Waals surface area contributed by atoms with E-state index in [9.17, 15) is 13.2 Å². The lowest BCUT2D eigenvalue weighted by atomic mass is 9.97. The van der Waals surface area contributed by atoms with E-state index in [0.29, 0.717) is 30.1 Å². The lowest BCUT2D eigenvalue weighted by Gasteiger charge is -2.26. The number of nitrogens with zero attached hydrogens (tertiary/aromatic N) is 1. The lowest BCUT2D eigenvalue weighted by molar-refractivity contribution is 0.102. The van der Waals surface area contributed by atoms with Crippen LogP contribution in [0.1, 0.15) is 54.9 Å². The lowest BCUT2D eigenvalue weighted by Crippen LogP contribution is -2.35. The van der Waals surface area contributed by atoms with Crippen LogP contribution in [0.2, 0.25) is 0 Å². The number of hydrogen-bond acceptors (Lipinski definition) is 5. The van der Waals surface area contributed by atoms with Gasteiger partial charge in [0, 0.05) is 30.3 Å². The normalized spacial score (nSPS) is 21.3. The predicted octanol–water partition coefficient (Wildman–Crippen LogP) is 4.01. The van der Waals surface area contributed by atoms with Crippen molar-refractivity contribution in [1.82, 2.24) is 4.31 Å². The first-order valence-electron chi connectivity index (χ1n) is 10.6. The number of ether oxygens (including phenoxy) is 2. The van der Waals surface area contributed by atoms with Crippen LogP contribution < -0.4 is 14.8 Å². The third kappa shape index (κ3) is 4.02. The number of nitrogens with one attached hydrogen (secondary N) is 1. The molecule has 2 atom stereocenters. The number of sulfonamides is 1. The average Bonchev–Trinajstić information content (AvgIpc) is 3.08. The Morgan fingerprint density at radius 2 is 1.87 bits per heavy atom. The molecule has 1 saturated heterocycles. The van der Waals surface area contributed by atoms with Crippen molar-refractivity contribution in [2.24, 2.45) is 0 Å². The Morgan fingerprint density at radius 1 is 1.13 bits per heavy atom. The summed E-state index contributed by atoms with van der Waals surface area (Å²) >= 11 is 0. The van der Waals surface area contributed by atoms with Gasteiger partial charge in [-0.2, -0.15) is 4.31 Å². The second kappa shape index (κ2) is 8.51. The Labute approximate surface area is 183 Å². The van der Waals surface area contributed by atoms with E-state index in [1.165, 1.54) is 17.5 Å². The third-order valence-electron chi connectivity index (χ3n) is 6.14. The SMILES string of the molecule is COc1ccc(NC(=O)c2cccc3c2O[C@@H](C)[C@@H]3C)cc1S(=O)(=O)N1CCCCC1. The number of amides is 1. The molecule has 0 saturated carbocycles. The highest BCUT2D eigenvalue weighted by molar-refractivity contribution is 7.89. The molecule has 2 heterocycles. The highest BCUT2D eigenvalue weighted by Gasteiger charge is 2.32. The van der Waals surface area contributed by atoms with Crippen molar-refractivity contribution in [3.8, 4) is 11.5 Å². The van der Waals surface area contributed by atoms with Gasteiger partial charge in [-0.1, -0.05) is 25.5 Å². The number of rotatable bonds is 5. The molecule has 0 spiro atoms. The van der Waals surface area contributed by atoms with Gasteiger partial charge < -0.3 is 14.8 Å². The van der Waals surface area contributed by atoms with Crippen molar-refractivity contribution in [2.75, 3.05) is 25.5 Å². The van der Waals surface area contributed by atoms with E-state index in [-0.39, 0.29) is 28.6 Å². The summed E-state index contributed by atoms with van der Waals surface area (Å²) in [6, 6.07) is 10.2. The van der Waals surface area contributed by atoms with Crippen LogP contribution in [0.3, 0.4) is 0 Å². The topological polar surface area (TPSA) is 84.9 Å². The zero-order chi connectivity index (χ0) is 22.2. The fraction of sp³-hybridized carbons (Fsp3) is 0.435. The summed E-state index contributed by atoms with van der Waals surface area (Å²) in [5.74, 6) is 0.708. The van der Waals surface area contributed by atoms with E-state index < -0.39 is 10.0 Å². The second-order valence-corrected chi connectivity index (χ2v) is 10.0. The maximum Gasteiger partial charge on any atom is 0.259 e. The maximum absolute atomic E-state index is 13.2. The molecule has 1 amide bonds. The van der Waals surface area contributed by atoms with Crippen LogP contribution in [0.15, 0.2) is 41.3 Å². The van der Waals surface area contributed by atoms with Gasteiger partial charge in [0.1, 0.15) is 22.5 Å². The zero-order valence-electron chi connectivity index (χ0n) is 18.1. The van der Waals surface area contributed by atoms with Crippen molar-refractivity contribution >= 4 is 21.6 Å². The first-order chi connectivity index (χ1) is 14.8. The van der Waals surface area contributed by atoms with Gasteiger partial charge in [-0.3, -0.25) is 4.79 Å². The molecule has 0 bridgehead atoms. The quantitative estimate of drug-likeness (QED) is 0.753. The number of fused-ring (bicyclic) bond motifs is 1. The fourth-order valence-electron chi connectivity index (χ4n) is 4.16. The van der Waals surface area contributed by atoms with E-state index in [0.717, 1.165) is 24.8 Å². The van der Waals surface area contributed by atoms with Gasteiger partial charge in [-0.25, -0.2) is 8.42 Å². The molecule has 0 aromatic heterocycles. The number of benzene rings is 2. The van der Waals surface area contributed by atoms with Gasteiger partial charge in [0.2, 0.25) is 10.0 Å². The number of anilines is 1. The minimum absolute atomic E-state index is 0.00813. The smallest absolute Gasteiger partial charge is 0.259 e. The largest absolute Gasteiger partial charge is 0.495 e. The molecule has 1 fully saturated rings. The van der Waals surface area contributed by atoms with Crippen LogP contribution in [0.25, 0.3) is 0 Å². The first kappa shape index (κ1) is 21.6. The predicted molar refractivity (Wildman–Crippen MR) is 119 cm³/mol. The highest BCUT2D eigenvalue weighted by atomic mass is 32.2. The van der Waals surface area contributed by atoms with Gasteiger partial charge in [-0.05, 0) is 44.0 Å². The van der Waals surface area contributed by atoms with Gasteiger partial charge in [0.25, 0.3) is 5.91 Å². The molecular weight excluding hydrogens is 416 g/mol. The van der Waals surface area contributed by atoms with Crippen molar-refractivity contribution < 1.29 is 22.7 Å². The van der Waals surface area contributed by atoms with E-state index in [2.05, 4.69) is 12.2 Å². The highest BCUT2D eigenvalue weighted by Crippen LogP contribution is 2.40. The van der Waals surface area contributed by atoms with Crippen LogP contribution in [0.5, 0.6) is 11.5 Å². The molecule has 0 aliphatic carbocycles. The van der Waals surface area contributed by atoms with Crippen LogP contribution in [-0.4, -0.2) is 44.9 Å². The summed E-state index contributed by atoms with van der Waals surface area (Å²) < 4.78 is 39.1. The molecule has 8 heteroatoms. The average molecular weight is 445 g/mol. The Hall–Kier alpha value is -2.58. The molecule has 1 N–H and O–H groups in total. The molecule has 166 valence electrons. The summed E-state index contributed by atoms with van der Waals surface area (Å²) in [7, 11) is -2.28. The summed E-state index contributed by atoms with van der Waals surface area (Å²) in [5, 5.41) is 2.83. The Bertz CT molecular complexity index is 1090. The maximum atomic E-state index is 13.2. The van der Waals surface area contributed by atoms with Crippen LogP contribution in [0, 0.1) is 0 Å². The van der Waals surface area contributed by atoms with Crippen LogP contribution >= 0.6 is 0 Å². The van der Waals surface area contributed by atoms with Crippen molar-refractivity contribution in [1.29, 1.82) is 0 Å². The van der Waals surface area contributed by atoms with Crippen LogP contribution in [-0.2, 0) is 10.0 Å². The Kier molecular flexibility index (Phi) is 5.94. The van der Waals surface area contributed by atoms with E-state index >= 15 is 0 Å². The number of carbonyl (C=O) groups is 1. The molecule has 2 aliphatic rings. The summed E-state index contributed by atoms with van der Waals surface area (Å²) in [4.78, 5) is 13.1. The van der Waals surface area contributed by atoms with E-state index in [1.807, 2.05) is 19.1 Å². The Morgan fingerprint density at radius 3 is 2.58 bits per heavy atom. The molecule has 2 aromatic carbocycles. The number of carbonyl (C=O) groups excluding carboxylic acids is 1. The second-order valence-electron chi connectivity index (χ2n) is 8.12. The third-order valence-corrected chi connectivity index (χ3v) is 8.06. The monoisotopic (exact) mass is 444 g/mol. The fourth-order valence-corrected chi connectivity index (χ4v) is 5.86. The van der Waals surface area contributed by atoms with Gasteiger partial charge >= 0.3 is 0 Å². The minimum atomic E-state index is -3.72. The van der Waals surface area contributed by atoms with Crippen molar-refractivity contribution in [3.05, 3.63) is 47.5 Å². The standard InChI is InChI=1S/C23H28N2O5S/c1-15-16(2)30-22-18(15)8-7-9-19(22)23(26)24-17-10-11-20(29-3)21(14-17)31(27,28)25-12-5-4-6-13-25/h7-11,14-16H,4-6,12-13H2,1-3H3,(H,24,26)/t15-,16-/m0/s1. The first-order valence-corrected chi connectivity index (χ1v) is 12.1. The van der Waals surface area contributed by atoms with Gasteiger partial charge in [-0.15, -0.1) is 0 Å². The van der Waals surface area contributed by atoms with Crippen LogP contribution in [0.4, 0.5) is 5.69 Å². The molecule has 7 nitrogen and oxygen atoms in total. The van der Waals surface area contributed by atoms with E-state index in [1.54, 1.807) is 18.2 Å². The van der Waals surface area contributed by atoms with E-state index in [4.69, 9.17) is 9.47 Å². The summed E-state index contributed by atoms with van der Waals surface area (Å²) in [6.07, 6.45) is 2.70. The van der Waals surface area contributed by atoms with Gasteiger partial charge in [0.15, 0.2) is 0 Å². The molecule has 0 unspecified atom stereocenters. The molecular formula is C23H28N2O5S. The number of piperidine rings is 1. The minimum Gasteiger partial charge on any atom is -0.495 e. The summed E-state index contributed by atoms with van der Waals surface area (Å²) in [5.41, 5.74) is 1.83.